The van der Waals surface area contributed by atoms with Crippen LogP contribution in [-0.4, -0.2) is 48.5 Å². The number of aromatic nitrogens is 3. The van der Waals surface area contributed by atoms with Gasteiger partial charge in [-0.1, -0.05) is 12.1 Å². The Labute approximate surface area is 161 Å². The van der Waals surface area contributed by atoms with Crippen LogP contribution in [0.2, 0.25) is 0 Å². The molecule has 144 valence electrons. The highest BCUT2D eigenvalue weighted by atomic mass is 19.1. The molecule has 0 bridgehead atoms. The van der Waals surface area contributed by atoms with E-state index in [4.69, 9.17) is 4.74 Å². The number of anilines is 2. The topological polar surface area (TPSA) is 74.4 Å². The molecule has 3 aromatic rings. The van der Waals surface area contributed by atoms with Crippen LogP contribution in [0.5, 0.6) is 5.75 Å². The fourth-order valence-corrected chi connectivity index (χ4v) is 3.28. The lowest BCUT2D eigenvalue weighted by Gasteiger charge is -2.36. The van der Waals surface area contributed by atoms with Gasteiger partial charge in [0, 0.05) is 31.7 Å². The highest BCUT2D eigenvalue weighted by molar-refractivity contribution is 5.59. The second kappa shape index (κ2) is 7.67. The van der Waals surface area contributed by atoms with Gasteiger partial charge in [-0.3, -0.25) is 9.78 Å². The Morgan fingerprint density at radius 3 is 2.29 bits per heavy atom. The van der Waals surface area contributed by atoms with Gasteiger partial charge >= 0.3 is 0 Å². The normalized spacial score (nSPS) is 14.2. The maximum atomic E-state index is 14.0. The standard InChI is InChI=1S/C20H20FN5O2/c1-28-15-8-6-14(7-9-15)18-19(27)22-20(24-23-18)26-12-10-25(11-13-26)17-5-3-2-4-16(17)21/h2-9H,10-13H2,1H3,(H,22,24,27). The summed E-state index contributed by atoms with van der Waals surface area (Å²) in [4.78, 5) is 19.2. The van der Waals surface area contributed by atoms with E-state index in [2.05, 4.69) is 15.2 Å². The molecule has 0 aliphatic carbocycles. The number of halogens is 1. The van der Waals surface area contributed by atoms with Crippen molar-refractivity contribution in [3.63, 3.8) is 0 Å². The number of aromatic amines is 1. The van der Waals surface area contributed by atoms with Crippen LogP contribution in [0.15, 0.2) is 53.3 Å². The third-order valence-corrected chi connectivity index (χ3v) is 4.82. The van der Waals surface area contributed by atoms with Crippen molar-refractivity contribution in [2.75, 3.05) is 43.1 Å². The van der Waals surface area contributed by atoms with Gasteiger partial charge in [0.05, 0.1) is 12.8 Å². The first-order valence-corrected chi connectivity index (χ1v) is 9.01. The van der Waals surface area contributed by atoms with Crippen molar-refractivity contribution in [2.45, 2.75) is 0 Å². The number of hydrogen-bond donors (Lipinski definition) is 1. The Kier molecular flexibility index (Phi) is 4.92. The van der Waals surface area contributed by atoms with Gasteiger partial charge in [0.15, 0.2) is 5.69 Å². The highest BCUT2D eigenvalue weighted by Crippen LogP contribution is 2.22. The van der Waals surface area contributed by atoms with Crippen molar-refractivity contribution in [3.8, 4) is 17.0 Å². The molecule has 1 aromatic heterocycles. The molecule has 0 radical (unpaired) electrons. The molecule has 0 spiro atoms. The predicted molar refractivity (Wildman–Crippen MR) is 105 cm³/mol. The van der Waals surface area contributed by atoms with Gasteiger partial charge in [0.2, 0.25) is 5.95 Å². The summed E-state index contributed by atoms with van der Waals surface area (Å²) in [6, 6.07) is 13.8. The van der Waals surface area contributed by atoms with E-state index < -0.39 is 0 Å². The number of piperazine rings is 1. The van der Waals surface area contributed by atoms with Crippen LogP contribution in [-0.2, 0) is 0 Å². The maximum absolute atomic E-state index is 14.0. The minimum absolute atomic E-state index is 0.229. The van der Waals surface area contributed by atoms with Crippen molar-refractivity contribution >= 4 is 11.6 Å². The van der Waals surface area contributed by atoms with Gasteiger partial charge in [0.25, 0.3) is 5.56 Å². The molecule has 8 heteroatoms. The number of hydrogen-bond acceptors (Lipinski definition) is 6. The Morgan fingerprint density at radius 1 is 0.964 bits per heavy atom. The monoisotopic (exact) mass is 381 g/mol. The summed E-state index contributed by atoms with van der Waals surface area (Å²) in [7, 11) is 1.59. The van der Waals surface area contributed by atoms with Crippen molar-refractivity contribution in [1.82, 2.24) is 15.2 Å². The average molecular weight is 381 g/mol. The lowest BCUT2D eigenvalue weighted by molar-refractivity contribution is 0.415. The third kappa shape index (κ3) is 3.53. The van der Waals surface area contributed by atoms with E-state index in [1.54, 1.807) is 43.5 Å². The molecule has 0 unspecified atom stereocenters. The molecule has 7 nitrogen and oxygen atoms in total. The molecule has 28 heavy (non-hydrogen) atoms. The van der Waals surface area contributed by atoms with Crippen LogP contribution >= 0.6 is 0 Å². The summed E-state index contributed by atoms with van der Waals surface area (Å²) in [6.45, 7) is 2.48. The molecule has 0 atom stereocenters. The molecular weight excluding hydrogens is 361 g/mol. The van der Waals surface area contributed by atoms with Crippen LogP contribution < -0.4 is 20.1 Å². The average Bonchev–Trinajstić information content (AvgIpc) is 2.74. The zero-order chi connectivity index (χ0) is 19.5. The van der Waals surface area contributed by atoms with Gasteiger partial charge in [-0.2, -0.15) is 0 Å². The van der Waals surface area contributed by atoms with E-state index in [9.17, 15) is 9.18 Å². The molecule has 1 N–H and O–H groups in total. The molecule has 4 rings (SSSR count). The van der Waals surface area contributed by atoms with Crippen molar-refractivity contribution in [3.05, 3.63) is 64.7 Å². The maximum Gasteiger partial charge on any atom is 0.279 e. The Hall–Kier alpha value is -3.42. The zero-order valence-electron chi connectivity index (χ0n) is 15.4. The fourth-order valence-electron chi connectivity index (χ4n) is 3.28. The molecular formula is C20H20FN5O2. The van der Waals surface area contributed by atoms with E-state index in [0.717, 1.165) is 0 Å². The van der Waals surface area contributed by atoms with E-state index in [0.29, 0.717) is 49.1 Å². The van der Waals surface area contributed by atoms with Crippen LogP contribution in [0.4, 0.5) is 16.0 Å². The number of methoxy groups -OCH3 is 1. The minimum Gasteiger partial charge on any atom is -0.497 e. The summed E-state index contributed by atoms with van der Waals surface area (Å²) in [5, 5.41) is 8.31. The molecule has 2 heterocycles. The number of nitrogens with zero attached hydrogens (tertiary/aromatic N) is 4. The van der Waals surface area contributed by atoms with E-state index in [1.807, 2.05) is 15.9 Å². The molecule has 0 amide bonds. The second-order valence-corrected chi connectivity index (χ2v) is 6.48. The van der Waals surface area contributed by atoms with Crippen LogP contribution in [0.25, 0.3) is 11.3 Å². The van der Waals surface area contributed by atoms with Crippen LogP contribution in [0.1, 0.15) is 0 Å². The quantitative estimate of drug-likeness (QED) is 0.748. The van der Waals surface area contributed by atoms with Gasteiger partial charge in [-0.25, -0.2) is 4.39 Å². The third-order valence-electron chi connectivity index (χ3n) is 4.82. The SMILES string of the molecule is COc1ccc(-c2nnc(N3CCN(c4ccccc4F)CC3)[nH]c2=O)cc1. The number of benzene rings is 2. The molecule has 1 fully saturated rings. The van der Waals surface area contributed by atoms with Crippen LogP contribution in [0, 0.1) is 5.82 Å². The van der Waals surface area contributed by atoms with E-state index in [1.165, 1.54) is 6.07 Å². The largest absolute Gasteiger partial charge is 0.497 e. The first kappa shape index (κ1) is 18.0. The lowest BCUT2D eigenvalue weighted by atomic mass is 10.1. The van der Waals surface area contributed by atoms with Crippen molar-refractivity contribution < 1.29 is 9.13 Å². The Balaban J connectivity index is 1.48. The first-order valence-electron chi connectivity index (χ1n) is 9.01. The Morgan fingerprint density at radius 2 is 1.64 bits per heavy atom. The number of rotatable bonds is 4. The summed E-state index contributed by atoms with van der Waals surface area (Å²) in [5.74, 6) is 0.904. The molecule has 2 aromatic carbocycles. The second-order valence-electron chi connectivity index (χ2n) is 6.48. The van der Waals surface area contributed by atoms with E-state index >= 15 is 0 Å². The van der Waals surface area contributed by atoms with E-state index in [-0.39, 0.29) is 17.1 Å². The highest BCUT2D eigenvalue weighted by Gasteiger charge is 2.21. The lowest BCUT2D eigenvalue weighted by Crippen LogP contribution is -2.47. The van der Waals surface area contributed by atoms with Crippen molar-refractivity contribution in [1.29, 1.82) is 0 Å². The summed E-state index contributed by atoms with van der Waals surface area (Å²) >= 11 is 0. The summed E-state index contributed by atoms with van der Waals surface area (Å²) < 4.78 is 19.1. The van der Waals surface area contributed by atoms with Crippen molar-refractivity contribution in [2.24, 2.45) is 0 Å². The first-order chi connectivity index (χ1) is 13.7. The smallest absolute Gasteiger partial charge is 0.279 e. The summed E-state index contributed by atoms with van der Waals surface area (Å²) in [5.41, 5.74) is 1.23. The molecule has 1 aliphatic heterocycles. The molecule has 0 saturated carbocycles. The number of ether oxygens (including phenoxy) is 1. The number of para-hydroxylation sites is 1. The Bertz CT molecular complexity index is 1010. The predicted octanol–water partition coefficient (Wildman–Crippen LogP) is 2.31. The number of nitrogens with one attached hydrogen (secondary N) is 1. The fraction of sp³-hybridized carbons (Fsp3) is 0.250. The van der Waals surface area contributed by atoms with Gasteiger partial charge < -0.3 is 14.5 Å². The van der Waals surface area contributed by atoms with Gasteiger partial charge in [-0.15, -0.1) is 10.2 Å². The number of H-pyrrole nitrogens is 1. The van der Waals surface area contributed by atoms with Gasteiger partial charge in [0.1, 0.15) is 11.6 Å². The molecule has 1 aliphatic rings. The summed E-state index contributed by atoms with van der Waals surface area (Å²) in [6.07, 6.45) is 0. The van der Waals surface area contributed by atoms with Gasteiger partial charge in [-0.05, 0) is 36.4 Å². The zero-order valence-corrected chi connectivity index (χ0v) is 15.4. The minimum atomic E-state index is -0.299. The van der Waals surface area contributed by atoms with Crippen LogP contribution in [0.3, 0.4) is 0 Å². The molecule has 1 saturated heterocycles.